The molecule has 0 aliphatic carbocycles. The zero-order valence-corrected chi connectivity index (χ0v) is 20.8. The van der Waals surface area contributed by atoms with E-state index < -0.39 is 11.6 Å². The average Bonchev–Trinajstić information content (AvgIpc) is 3.33. The Labute approximate surface area is 206 Å². The SMILES string of the molecule is CCN(CC)CCN(C)C[C@@H]1CCCN1C(=O)c1cc(-c2ccc(F)c(F)c2)nc2ccccc12. The Bertz CT molecular complexity index is 1180. The average molecular weight is 481 g/mol. The lowest BCUT2D eigenvalue weighted by Gasteiger charge is -2.30. The molecule has 2 heterocycles. The van der Waals surface area contributed by atoms with Gasteiger partial charge in [-0.3, -0.25) is 4.79 Å². The number of likely N-dealkylation sites (N-methyl/N-ethyl adjacent to an activating group) is 2. The maximum Gasteiger partial charge on any atom is 0.254 e. The Hall–Kier alpha value is -2.90. The molecule has 186 valence electrons. The number of likely N-dealkylation sites (tertiary alicyclic amines) is 1. The molecule has 4 rings (SSSR count). The van der Waals surface area contributed by atoms with Crippen LogP contribution in [0.4, 0.5) is 8.78 Å². The molecule has 0 radical (unpaired) electrons. The summed E-state index contributed by atoms with van der Waals surface area (Å²) >= 11 is 0. The fraction of sp³-hybridized carbons (Fsp3) is 0.429. The maximum atomic E-state index is 13.9. The third kappa shape index (κ3) is 5.68. The van der Waals surface area contributed by atoms with Crippen LogP contribution in [-0.2, 0) is 0 Å². The van der Waals surface area contributed by atoms with Crippen molar-refractivity contribution in [3.63, 3.8) is 0 Å². The molecule has 35 heavy (non-hydrogen) atoms. The minimum Gasteiger partial charge on any atom is -0.334 e. The Kier molecular flexibility index (Phi) is 8.08. The van der Waals surface area contributed by atoms with Crippen molar-refractivity contribution in [3.8, 4) is 11.3 Å². The summed E-state index contributed by atoms with van der Waals surface area (Å²) in [7, 11) is 2.12. The van der Waals surface area contributed by atoms with Gasteiger partial charge in [0.2, 0.25) is 0 Å². The second-order valence-corrected chi connectivity index (χ2v) is 9.28. The first-order chi connectivity index (χ1) is 16.9. The normalized spacial score (nSPS) is 16.1. The van der Waals surface area contributed by atoms with E-state index in [1.165, 1.54) is 6.07 Å². The van der Waals surface area contributed by atoms with E-state index in [1.807, 2.05) is 29.2 Å². The van der Waals surface area contributed by atoms with E-state index in [2.05, 4.69) is 35.7 Å². The smallest absolute Gasteiger partial charge is 0.254 e. The van der Waals surface area contributed by atoms with E-state index in [0.29, 0.717) is 28.9 Å². The lowest BCUT2D eigenvalue weighted by atomic mass is 10.0. The minimum absolute atomic E-state index is 0.0351. The first kappa shape index (κ1) is 25.2. The van der Waals surface area contributed by atoms with Gasteiger partial charge in [0.25, 0.3) is 5.91 Å². The van der Waals surface area contributed by atoms with Crippen molar-refractivity contribution in [1.82, 2.24) is 19.7 Å². The minimum atomic E-state index is -0.933. The molecule has 1 fully saturated rings. The fourth-order valence-electron chi connectivity index (χ4n) is 4.91. The highest BCUT2D eigenvalue weighted by Gasteiger charge is 2.31. The van der Waals surface area contributed by atoms with Crippen LogP contribution in [-0.4, -0.2) is 77.9 Å². The summed E-state index contributed by atoms with van der Waals surface area (Å²) in [5, 5.41) is 0.768. The van der Waals surface area contributed by atoms with Crippen LogP contribution in [0.5, 0.6) is 0 Å². The van der Waals surface area contributed by atoms with E-state index in [4.69, 9.17) is 0 Å². The summed E-state index contributed by atoms with van der Waals surface area (Å²) < 4.78 is 27.4. The predicted molar refractivity (Wildman–Crippen MR) is 136 cm³/mol. The molecule has 1 amide bonds. The number of amides is 1. The number of nitrogens with zero attached hydrogens (tertiary/aromatic N) is 4. The Morgan fingerprint density at radius 3 is 2.57 bits per heavy atom. The van der Waals surface area contributed by atoms with Crippen LogP contribution < -0.4 is 0 Å². The van der Waals surface area contributed by atoms with Gasteiger partial charge in [0.15, 0.2) is 11.6 Å². The molecular formula is C28H34F2N4O. The predicted octanol–water partition coefficient (Wildman–Crippen LogP) is 5.06. The van der Waals surface area contributed by atoms with Crippen molar-refractivity contribution in [2.45, 2.75) is 32.7 Å². The van der Waals surface area contributed by atoms with Gasteiger partial charge >= 0.3 is 0 Å². The number of hydrogen-bond donors (Lipinski definition) is 0. The molecule has 0 saturated carbocycles. The zero-order valence-electron chi connectivity index (χ0n) is 20.8. The van der Waals surface area contributed by atoms with Crippen molar-refractivity contribution in [1.29, 1.82) is 0 Å². The summed E-state index contributed by atoms with van der Waals surface area (Å²) in [6.45, 7) is 9.93. The highest BCUT2D eigenvalue weighted by atomic mass is 19.2. The third-order valence-corrected chi connectivity index (χ3v) is 7.01. The van der Waals surface area contributed by atoms with E-state index in [9.17, 15) is 13.6 Å². The number of rotatable bonds is 9. The van der Waals surface area contributed by atoms with Crippen LogP contribution in [0.25, 0.3) is 22.2 Å². The van der Waals surface area contributed by atoms with Crippen molar-refractivity contribution in [3.05, 3.63) is 65.7 Å². The van der Waals surface area contributed by atoms with Gasteiger partial charge in [-0.1, -0.05) is 32.0 Å². The second kappa shape index (κ2) is 11.2. The van der Waals surface area contributed by atoms with Gasteiger partial charge in [-0.05, 0) is 63.3 Å². The number of fused-ring (bicyclic) bond motifs is 1. The summed E-state index contributed by atoms with van der Waals surface area (Å²) in [4.78, 5) is 25.2. The molecule has 0 N–H and O–H groups in total. The quantitative estimate of drug-likeness (QED) is 0.429. The van der Waals surface area contributed by atoms with Gasteiger partial charge in [0, 0.05) is 43.2 Å². The number of benzene rings is 2. The van der Waals surface area contributed by atoms with Gasteiger partial charge in [-0.15, -0.1) is 0 Å². The molecule has 1 aromatic heterocycles. The van der Waals surface area contributed by atoms with Gasteiger partial charge in [0.05, 0.1) is 16.8 Å². The number of carbonyl (C=O) groups is 1. The van der Waals surface area contributed by atoms with Crippen LogP contribution in [0, 0.1) is 11.6 Å². The van der Waals surface area contributed by atoms with E-state index in [1.54, 1.807) is 6.07 Å². The number of para-hydroxylation sites is 1. The van der Waals surface area contributed by atoms with Gasteiger partial charge in [0.1, 0.15) is 0 Å². The molecular weight excluding hydrogens is 446 g/mol. The molecule has 0 spiro atoms. The third-order valence-electron chi connectivity index (χ3n) is 7.01. The monoisotopic (exact) mass is 480 g/mol. The number of hydrogen-bond acceptors (Lipinski definition) is 4. The molecule has 1 saturated heterocycles. The van der Waals surface area contributed by atoms with Gasteiger partial charge < -0.3 is 14.7 Å². The largest absolute Gasteiger partial charge is 0.334 e. The molecule has 1 aliphatic rings. The van der Waals surface area contributed by atoms with Gasteiger partial charge in [-0.2, -0.15) is 0 Å². The van der Waals surface area contributed by atoms with E-state index in [-0.39, 0.29) is 11.9 Å². The Morgan fingerprint density at radius 1 is 1.06 bits per heavy atom. The molecule has 0 bridgehead atoms. The summed E-state index contributed by atoms with van der Waals surface area (Å²) in [5.41, 5.74) is 2.11. The van der Waals surface area contributed by atoms with Gasteiger partial charge in [-0.25, -0.2) is 13.8 Å². The van der Waals surface area contributed by atoms with Crippen LogP contribution >= 0.6 is 0 Å². The first-order valence-electron chi connectivity index (χ1n) is 12.5. The van der Waals surface area contributed by atoms with Crippen LogP contribution in [0.3, 0.4) is 0 Å². The topological polar surface area (TPSA) is 39.7 Å². The molecule has 0 unspecified atom stereocenters. The number of aromatic nitrogens is 1. The number of pyridine rings is 1. The molecule has 3 aromatic rings. The molecule has 7 heteroatoms. The molecule has 1 aliphatic heterocycles. The van der Waals surface area contributed by atoms with Crippen LogP contribution in [0.1, 0.15) is 37.0 Å². The van der Waals surface area contributed by atoms with Crippen molar-refractivity contribution >= 4 is 16.8 Å². The second-order valence-electron chi connectivity index (χ2n) is 9.28. The number of halogens is 2. The van der Waals surface area contributed by atoms with Crippen LogP contribution in [0.2, 0.25) is 0 Å². The maximum absolute atomic E-state index is 13.9. The highest BCUT2D eigenvalue weighted by Crippen LogP contribution is 2.29. The summed E-state index contributed by atoms with van der Waals surface area (Å²) in [6.07, 6.45) is 1.94. The first-order valence-corrected chi connectivity index (χ1v) is 12.5. The van der Waals surface area contributed by atoms with E-state index in [0.717, 1.165) is 63.1 Å². The fourth-order valence-corrected chi connectivity index (χ4v) is 4.91. The van der Waals surface area contributed by atoms with Crippen molar-refractivity contribution in [2.75, 3.05) is 46.3 Å². The Morgan fingerprint density at radius 2 is 1.83 bits per heavy atom. The highest BCUT2D eigenvalue weighted by molar-refractivity contribution is 6.07. The molecule has 2 aromatic carbocycles. The molecule has 1 atom stereocenters. The lowest BCUT2D eigenvalue weighted by Crippen LogP contribution is -2.44. The lowest BCUT2D eigenvalue weighted by molar-refractivity contribution is 0.0708. The summed E-state index contributed by atoms with van der Waals surface area (Å²) in [6, 6.07) is 13.1. The van der Waals surface area contributed by atoms with Crippen LogP contribution in [0.15, 0.2) is 48.5 Å². The molecule has 5 nitrogen and oxygen atoms in total. The standard InChI is InChI=1S/C28H34F2N4O/c1-4-33(5-2)16-15-32(3)19-21-9-8-14-34(21)28(35)23-18-27(20-12-13-24(29)25(30)17-20)31-26-11-7-6-10-22(23)26/h6-7,10-13,17-18,21H,4-5,8-9,14-16,19H2,1-3H3/t21-/m0/s1. The van der Waals surface area contributed by atoms with E-state index >= 15 is 0 Å². The zero-order chi connectivity index (χ0) is 24.9. The Balaban J connectivity index is 1.60. The van der Waals surface area contributed by atoms with Crippen molar-refractivity contribution < 1.29 is 13.6 Å². The van der Waals surface area contributed by atoms with Crippen molar-refractivity contribution in [2.24, 2.45) is 0 Å². The summed E-state index contributed by atoms with van der Waals surface area (Å²) in [5.74, 6) is -1.87. The number of carbonyl (C=O) groups excluding carboxylic acids is 1.